The van der Waals surface area contributed by atoms with Crippen LogP contribution in [0.2, 0.25) is 0 Å². The van der Waals surface area contributed by atoms with Gasteiger partial charge in [-0.25, -0.2) is 19.2 Å². The second-order valence-electron chi connectivity index (χ2n) is 4.19. The van der Waals surface area contributed by atoms with Crippen LogP contribution in [-0.2, 0) is 11.3 Å². The Morgan fingerprint density at radius 3 is 2.95 bits per heavy atom. The van der Waals surface area contributed by atoms with Gasteiger partial charge >= 0.3 is 5.97 Å². The molecule has 0 bridgehead atoms. The van der Waals surface area contributed by atoms with Crippen molar-refractivity contribution in [3.05, 3.63) is 47.8 Å². The summed E-state index contributed by atoms with van der Waals surface area (Å²) in [6.45, 7) is 2.21. The van der Waals surface area contributed by atoms with Crippen molar-refractivity contribution >= 4 is 17.3 Å². The number of anilines is 2. The summed E-state index contributed by atoms with van der Waals surface area (Å²) in [6.07, 6.45) is 2.99. The number of esters is 1. The number of nitrogen functional groups attached to an aromatic ring is 1. The first-order valence-corrected chi connectivity index (χ1v) is 6.36. The number of hydrogen-bond acceptors (Lipinski definition) is 6. The monoisotopic (exact) mass is 290 g/mol. The van der Waals surface area contributed by atoms with Crippen molar-refractivity contribution in [1.29, 1.82) is 0 Å². The molecule has 1 aromatic carbocycles. The summed E-state index contributed by atoms with van der Waals surface area (Å²) in [5, 5.41) is 2.87. The molecule has 0 aliphatic carbocycles. The topological polar surface area (TPSA) is 90.1 Å². The number of aromatic nitrogens is 2. The average molecular weight is 290 g/mol. The third kappa shape index (κ3) is 3.65. The smallest absolute Gasteiger partial charge is 0.340 e. The van der Waals surface area contributed by atoms with Gasteiger partial charge in [0, 0.05) is 11.9 Å². The molecule has 6 nitrogen and oxygen atoms in total. The zero-order valence-corrected chi connectivity index (χ0v) is 11.5. The van der Waals surface area contributed by atoms with E-state index in [2.05, 4.69) is 15.3 Å². The van der Waals surface area contributed by atoms with Crippen LogP contribution in [0.1, 0.15) is 23.0 Å². The number of hydrogen-bond donors (Lipinski definition) is 2. The Bertz CT molecular complexity index is 634. The Balaban J connectivity index is 2.19. The van der Waals surface area contributed by atoms with Crippen LogP contribution in [0, 0.1) is 5.82 Å². The predicted molar refractivity (Wildman–Crippen MR) is 76.1 cm³/mol. The quantitative estimate of drug-likeness (QED) is 0.646. The van der Waals surface area contributed by atoms with Crippen molar-refractivity contribution in [1.82, 2.24) is 9.97 Å². The summed E-state index contributed by atoms with van der Waals surface area (Å²) in [4.78, 5) is 19.5. The van der Waals surface area contributed by atoms with E-state index in [0.717, 1.165) is 6.07 Å². The van der Waals surface area contributed by atoms with Gasteiger partial charge in [-0.3, -0.25) is 0 Å². The molecule has 1 aromatic heterocycles. The zero-order chi connectivity index (χ0) is 15.2. The summed E-state index contributed by atoms with van der Waals surface area (Å²) in [6, 6.07) is 4.13. The first-order valence-electron chi connectivity index (χ1n) is 6.36. The molecule has 0 fully saturated rings. The lowest BCUT2D eigenvalue weighted by Gasteiger charge is -2.11. The largest absolute Gasteiger partial charge is 0.462 e. The molecule has 2 rings (SSSR count). The molecule has 7 heteroatoms. The lowest BCUT2D eigenvalue weighted by molar-refractivity contribution is 0.0527. The number of carbonyl (C=O) groups is 1. The molecular weight excluding hydrogens is 275 g/mol. The second-order valence-corrected chi connectivity index (χ2v) is 4.19. The van der Waals surface area contributed by atoms with E-state index >= 15 is 0 Å². The molecule has 0 amide bonds. The van der Waals surface area contributed by atoms with Crippen molar-refractivity contribution in [3.8, 4) is 0 Å². The highest BCUT2D eigenvalue weighted by molar-refractivity contribution is 5.96. The molecule has 0 radical (unpaired) electrons. The fourth-order valence-electron chi connectivity index (χ4n) is 1.72. The highest BCUT2D eigenvalue weighted by Crippen LogP contribution is 2.23. The minimum atomic E-state index is -0.583. The molecule has 21 heavy (non-hydrogen) atoms. The summed E-state index contributed by atoms with van der Waals surface area (Å²) in [5.74, 6) is -1.13. The Morgan fingerprint density at radius 1 is 1.48 bits per heavy atom. The van der Waals surface area contributed by atoms with Crippen LogP contribution in [-0.4, -0.2) is 22.5 Å². The molecule has 0 saturated heterocycles. The van der Waals surface area contributed by atoms with Crippen LogP contribution in [0.25, 0.3) is 0 Å². The number of benzene rings is 1. The number of nitrogens with one attached hydrogen (secondary N) is 1. The number of nitrogens with zero attached hydrogens (tertiary/aromatic N) is 2. The molecular formula is C14H15FN4O2. The lowest BCUT2D eigenvalue weighted by Crippen LogP contribution is -2.11. The Labute approximate surface area is 121 Å². The van der Waals surface area contributed by atoms with E-state index < -0.39 is 11.8 Å². The van der Waals surface area contributed by atoms with Crippen LogP contribution in [0.3, 0.4) is 0 Å². The Morgan fingerprint density at radius 2 is 2.29 bits per heavy atom. The van der Waals surface area contributed by atoms with Gasteiger partial charge < -0.3 is 15.8 Å². The van der Waals surface area contributed by atoms with Crippen molar-refractivity contribution in [2.24, 2.45) is 0 Å². The Hall–Kier alpha value is -2.70. The lowest BCUT2D eigenvalue weighted by atomic mass is 10.1. The van der Waals surface area contributed by atoms with Crippen LogP contribution < -0.4 is 11.1 Å². The van der Waals surface area contributed by atoms with Crippen molar-refractivity contribution < 1.29 is 13.9 Å². The molecule has 0 aliphatic heterocycles. The molecule has 1 heterocycles. The standard InChI is InChI=1S/C14H15FN4O2/c1-2-21-14(20)10-5-13(11(15)6-12(10)16)18-7-9-3-4-17-8-19-9/h3-6,8,18H,2,7,16H2,1H3. The van der Waals surface area contributed by atoms with Gasteiger partial charge in [0.15, 0.2) is 0 Å². The third-order valence-corrected chi connectivity index (χ3v) is 2.74. The molecule has 0 spiro atoms. The molecule has 0 saturated carbocycles. The van der Waals surface area contributed by atoms with Crippen LogP contribution in [0.4, 0.5) is 15.8 Å². The molecule has 110 valence electrons. The van der Waals surface area contributed by atoms with Gasteiger partial charge in [-0.2, -0.15) is 0 Å². The van der Waals surface area contributed by atoms with E-state index in [1.165, 1.54) is 12.4 Å². The zero-order valence-electron chi connectivity index (χ0n) is 11.5. The van der Waals surface area contributed by atoms with Crippen LogP contribution >= 0.6 is 0 Å². The van der Waals surface area contributed by atoms with Crippen molar-refractivity contribution in [2.45, 2.75) is 13.5 Å². The number of nitrogens with two attached hydrogens (primary N) is 1. The van der Waals surface area contributed by atoms with Crippen molar-refractivity contribution in [3.63, 3.8) is 0 Å². The minimum absolute atomic E-state index is 0.0403. The van der Waals surface area contributed by atoms with Gasteiger partial charge in [0.25, 0.3) is 0 Å². The first kappa shape index (κ1) is 14.7. The van der Waals surface area contributed by atoms with E-state index in [1.807, 2.05) is 0 Å². The van der Waals surface area contributed by atoms with E-state index in [1.54, 1.807) is 19.2 Å². The second kappa shape index (κ2) is 6.65. The average Bonchev–Trinajstić information content (AvgIpc) is 2.47. The van der Waals surface area contributed by atoms with Gasteiger partial charge in [0.05, 0.1) is 30.1 Å². The first-order chi connectivity index (χ1) is 10.1. The van der Waals surface area contributed by atoms with Crippen LogP contribution in [0.5, 0.6) is 0 Å². The van der Waals surface area contributed by atoms with Gasteiger partial charge in [-0.1, -0.05) is 0 Å². The molecule has 2 aromatic rings. The van der Waals surface area contributed by atoms with Gasteiger partial charge in [-0.05, 0) is 25.1 Å². The van der Waals surface area contributed by atoms with E-state index in [4.69, 9.17) is 10.5 Å². The number of ether oxygens (including phenoxy) is 1. The number of rotatable bonds is 5. The third-order valence-electron chi connectivity index (χ3n) is 2.74. The summed E-state index contributed by atoms with van der Waals surface area (Å²) < 4.78 is 18.7. The van der Waals surface area contributed by atoms with Crippen LogP contribution in [0.15, 0.2) is 30.7 Å². The van der Waals surface area contributed by atoms with E-state index in [0.29, 0.717) is 12.2 Å². The van der Waals surface area contributed by atoms with Gasteiger partial charge in [0.1, 0.15) is 12.1 Å². The fraction of sp³-hybridized carbons (Fsp3) is 0.214. The van der Waals surface area contributed by atoms with E-state index in [9.17, 15) is 9.18 Å². The number of carbonyl (C=O) groups excluding carboxylic acids is 1. The normalized spacial score (nSPS) is 10.2. The fourth-order valence-corrected chi connectivity index (χ4v) is 1.72. The maximum absolute atomic E-state index is 13.9. The maximum atomic E-state index is 13.9. The maximum Gasteiger partial charge on any atom is 0.340 e. The minimum Gasteiger partial charge on any atom is -0.462 e. The highest BCUT2D eigenvalue weighted by atomic mass is 19.1. The predicted octanol–water partition coefficient (Wildman–Crippen LogP) is 1.99. The highest BCUT2D eigenvalue weighted by Gasteiger charge is 2.15. The van der Waals surface area contributed by atoms with E-state index in [-0.39, 0.29) is 23.5 Å². The Kier molecular flexibility index (Phi) is 4.65. The number of halogens is 1. The summed E-state index contributed by atoms with van der Waals surface area (Å²) in [5.41, 5.74) is 6.66. The summed E-state index contributed by atoms with van der Waals surface area (Å²) >= 11 is 0. The molecule has 0 aliphatic rings. The van der Waals surface area contributed by atoms with Gasteiger partial charge in [-0.15, -0.1) is 0 Å². The molecule has 3 N–H and O–H groups in total. The molecule has 0 atom stereocenters. The summed E-state index contributed by atoms with van der Waals surface area (Å²) in [7, 11) is 0. The molecule has 0 unspecified atom stereocenters. The SMILES string of the molecule is CCOC(=O)c1cc(NCc2ccncn2)c(F)cc1N. The van der Waals surface area contributed by atoms with Gasteiger partial charge in [0.2, 0.25) is 0 Å². The van der Waals surface area contributed by atoms with Crippen molar-refractivity contribution in [2.75, 3.05) is 17.7 Å².